The predicted octanol–water partition coefficient (Wildman–Crippen LogP) is 2.03. The summed E-state index contributed by atoms with van der Waals surface area (Å²) in [6, 6.07) is 11.1. The normalized spacial score (nSPS) is 10.9. The Labute approximate surface area is 198 Å². The third kappa shape index (κ3) is 8.79. The summed E-state index contributed by atoms with van der Waals surface area (Å²) in [7, 11) is -3.84. The van der Waals surface area contributed by atoms with Gasteiger partial charge in [-0.2, -0.15) is 0 Å². The van der Waals surface area contributed by atoms with Crippen molar-refractivity contribution in [3.8, 4) is 0 Å². The van der Waals surface area contributed by atoms with E-state index in [1.807, 2.05) is 0 Å². The van der Waals surface area contributed by atoms with Gasteiger partial charge in [-0.25, -0.2) is 8.42 Å². The lowest BCUT2D eigenvalue weighted by Gasteiger charge is -2.09. The Morgan fingerprint density at radius 3 is 1.27 bits per heavy atom. The van der Waals surface area contributed by atoms with Gasteiger partial charge in [0.2, 0.25) is 21.7 Å². The maximum absolute atomic E-state index is 12.8. The molecular weight excluding hydrogens is 492 g/mol. The van der Waals surface area contributed by atoms with Crippen LogP contribution in [-0.4, -0.2) is 65.4 Å². The number of nitrogens with one attached hydrogen (secondary N) is 2. The van der Waals surface area contributed by atoms with Gasteiger partial charge >= 0.3 is 11.9 Å². The molecule has 0 spiro atoms. The molecular formula is C20H20N2O8S3. The van der Waals surface area contributed by atoms with Crippen LogP contribution in [0, 0.1) is 0 Å². The van der Waals surface area contributed by atoms with Crippen molar-refractivity contribution in [3.63, 3.8) is 0 Å². The molecule has 13 heteroatoms. The van der Waals surface area contributed by atoms with Gasteiger partial charge in [0.1, 0.15) is 0 Å². The predicted molar refractivity (Wildman–Crippen MR) is 126 cm³/mol. The summed E-state index contributed by atoms with van der Waals surface area (Å²) in [5, 5.41) is 22.3. The number of sulfone groups is 1. The number of carboxylic acid groups (broad SMARTS) is 2. The molecule has 0 aliphatic heterocycles. The zero-order chi connectivity index (χ0) is 24.4. The van der Waals surface area contributed by atoms with E-state index < -0.39 is 33.6 Å². The van der Waals surface area contributed by atoms with E-state index in [0.717, 1.165) is 23.5 Å². The van der Waals surface area contributed by atoms with Crippen LogP contribution in [0.4, 0.5) is 11.4 Å². The van der Waals surface area contributed by atoms with E-state index >= 15 is 0 Å². The van der Waals surface area contributed by atoms with Crippen LogP contribution < -0.4 is 10.6 Å². The van der Waals surface area contributed by atoms with Crippen LogP contribution in [-0.2, 0) is 29.0 Å². The first-order valence-electron chi connectivity index (χ1n) is 9.22. The molecule has 0 atom stereocenters. The fraction of sp³-hybridized carbons (Fsp3) is 0.200. The molecule has 33 heavy (non-hydrogen) atoms. The maximum atomic E-state index is 12.8. The molecule has 0 saturated carbocycles. The summed E-state index contributed by atoms with van der Waals surface area (Å²) in [5.41, 5.74) is 0.738. The lowest BCUT2D eigenvalue weighted by Crippen LogP contribution is -2.15. The molecule has 4 N–H and O–H groups in total. The first-order valence-corrected chi connectivity index (χ1v) is 13.0. The van der Waals surface area contributed by atoms with E-state index in [9.17, 15) is 27.6 Å². The molecule has 0 heterocycles. The molecule has 0 aliphatic rings. The lowest BCUT2D eigenvalue weighted by molar-refractivity contribution is -0.134. The van der Waals surface area contributed by atoms with E-state index in [0.29, 0.717) is 11.4 Å². The second-order valence-corrected chi connectivity index (χ2v) is 10.3. The van der Waals surface area contributed by atoms with Gasteiger partial charge in [-0.3, -0.25) is 19.2 Å². The average Bonchev–Trinajstić information content (AvgIpc) is 2.74. The number of carbonyl (C=O) groups is 4. The molecule has 0 aromatic heterocycles. The Morgan fingerprint density at radius 1 is 0.636 bits per heavy atom. The molecule has 2 rings (SSSR count). The SMILES string of the molecule is O=C(O)CSCC(=O)Nc1ccc(S(=O)(=O)c2ccc(NC(=O)CSCC(=O)O)cc2)cc1. The van der Waals surface area contributed by atoms with Crippen molar-refractivity contribution < 1.29 is 37.8 Å². The molecule has 2 aromatic carbocycles. The largest absolute Gasteiger partial charge is 0.481 e. The number of carboxylic acids is 2. The van der Waals surface area contributed by atoms with E-state index in [2.05, 4.69) is 10.6 Å². The van der Waals surface area contributed by atoms with Crippen LogP contribution >= 0.6 is 23.5 Å². The lowest BCUT2D eigenvalue weighted by atomic mass is 10.3. The summed E-state index contributed by atoms with van der Waals surface area (Å²) in [5.74, 6) is -3.35. The van der Waals surface area contributed by atoms with Gasteiger partial charge in [0.25, 0.3) is 0 Å². The highest BCUT2D eigenvalue weighted by Gasteiger charge is 2.18. The highest BCUT2D eigenvalue weighted by Crippen LogP contribution is 2.24. The van der Waals surface area contributed by atoms with Crippen LogP contribution in [0.2, 0.25) is 0 Å². The molecule has 176 valence electrons. The van der Waals surface area contributed by atoms with Crippen LogP contribution in [0.15, 0.2) is 58.3 Å². The van der Waals surface area contributed by atoms with Crippen LogP contribution in [0.5, 0.6) is 0 Å². The molecule has 2 aromatic rings. The molecule has 0 aliphatic carbocycles. The number of aliphatic carboxylic acids is 2. The highest BCUT2D eigenvalue weighted by atomic mass is 32.2. The molecule has 0 fully saturated rings. The first kappa shape index (κ1) is 26.2. The zero-order valence-electron chi connectivity index (χ0n) is 17.0. The summed E-state index contributed by atoms with van der Waals surface area (Å²) in [6.45, 7) is 0. The van der Waals surface area contributed by atoms with E-state index in [1.165, 1.54) is 48.5 Å². The standard InChI is InChI=1S/C20H20N2O8S3/c23-17(9-31-11-19(25)26)21-13-1-5-15(6-2-13)33(29,30)16-7-3-14(4-8-16)22-18(24)10-32-12-20(27)28/h1-8H,9-12H2,(H,21,23)(H,22,24)(H,25,26)(H,27,28). The van der Waals surface area contributed by atoms with Crippen molar-refractivity contribution >= 4 is 68.5 Å². The van der Waals surface area contributed by atoms with Gasteiger partial charge in [0.05, 0.1) is 32.8 Å². The molecule has 0 bridgehead atoms. The topological polar surface area (TPSA) is 167 Å². The minimum absolute atomic E-state index is 0.00241. The van der Waals surface area contributed by atoms with Gasteiger partial charge in [-0.05, 0) is 48.5 Å². The third-order valence-electron chi connectivity index (χ3n) is 3.81. The van der Waals surface area contributed by atoms with Crippen molar-refractivity contribution in [2.45, 2.75) is 9.79 Å². The zero-order valence-corrected chi connectivity index (χ0v) is 19.5. The van der Waals surface area contributed by atoms with Crippen molar-refractivity contribution in [1.29, 1.82) is 0 Å². The molecule has 2 amide bonds. The summed E-state index contributed by atoms with van der Waals surface area (Å²) in [4.78, 5) is 44.5. The number of anilines is 2. The summed E-state index contributed by atoms with van der Waals surface area (Å²) >= 11 is 1.89. The second-order valence-electron chi connectivity index (χ2n) is 6.42. The number of carbonyl (C=O) groups excluding carboxylic acids is 2. The summed E-state index contributed by atoms with van der Waals surface area (Å²) < 4.78 is 25.6. The van der Waals surface area contributed by atoms with Gasteiger partial charge in [-0.1, -0.05) is 0 Å². The Morgan fingerprint density at radius 2 is 0.970 bits per heavy atom. The fourth-order valence-electron chi connectivity index (χ4n) is 2.43. The highest BCUT2D eigenvalue weighted by molar-refractivity contribution is 8.00. The van der Waals surface area contributed by atoms with Crippen molar-refractivity contribution in [3.05, 3.63) is 48.5 Å². The number of thioether (sulfide) groups is 2. The first-order chi connectivity index (χ1) is 15.6. The van der Waals surface area contributed by atoms with Gasteiger partial charge in [0.15, 0.2) is 0 Å². The van der Waals surface area contributed by atoms with Crippen molar-refractivity contribution in [2.24, 2.45) is 0 Å². The number of rotatable bonds is 12. The van der Waals surface area contributed by atoms with Gasteiger partial charge in [-0.15, -0.1) is 23.5 Å². The monoisotopic (exact) mass is 512 g/mol. The quantitative estimate of drug-likeness (QED) is 0.330. The number of hydrogen-bond donors (Lipinski definition) is 4. The average molecular weight is 513 g/mol. The smallest absolute Gasteiger partial charge is 0.313 e. The maximum Gasteiger partial charge on any atom is 0.313 e. The molecule has 0 unspecified atom stereocenters. The minimum Gasteiger partial charge on any atom is -0.481 e. The second kappa shape index (κ2) is 12.3. The molecule has 0 saturated heterocycles. The van der Waals surface area contributed by atoms with Gasteiger partial charge in [0, 0.05) is 11.4 Å². The Kier molecular flexibility index (Phi) is 9.75. The van der Waals surface area contributed by atoms with Crippen LogP contribution in [0.25, 0.3) is 0 Å². The van der Waals surface area contributed by atoms with Crippen molar-refractivity contribution in [1.82, 2.24) is 0 Å². The minimum atomic E-state index is -3.84. The third-order valence-corrected chi connectivity index (χ3v) is 7.43. The van der Waals surface area contributed by atoms with Gasteiger partial charge < -0.3 is 20.8 Å². The number of benzene rings is 2. The van der Waals surface area contributed by atoms with Crippen molar-refractivity contribution in [2.75, 3.05) is 33.6 Å². The van der Waals surface area contributed by atoms with E-state index in [-0.39, 0.29) is 32.8 Å². The summed E-state index contributed by atoms with van der Waals surface area (Å²) in [6.07, 6.45) is 0. The van der Waals surface area contributed by atoms with Crippen LogP contribution in [0.3, 0.4) is 0 Å². The van der Waals surface area contributed by atoms with Crippen LogP contribution in [0.1, 0.15) is 0 Å². The molecule has 10 nitrogen and oxygen atoms in total. The van der Waals surface area contributed by atoms with E-state index in [4.69, 9.17) is 10.2 Å². The Hall–Kier alpha value is -3.03. The molecule has 0 radical (unpaired) electrons. The Bertz CT molecular complexity index is 1030. The van der Waals surface area contributed by atoms with E-state index in [1.54, 1.807) is 0 Å². The fourth-order valence-corrected chi connectivity index (χ4v) is 4.76. The number of hydrogen-bond acceptors (Lipinski definition) is 8. The number of amides is 2. The Balaban J connectivity index is 1.97.